The van der Waals surface area contributed by atoms with Crippen molar-refractivity contribution in [2.24, 2.45) is 0 Å². The minimum Gasteiger partial charge on any atom is -0.325 e. The van der Waals surface area contributed by atoms with Gasteiger partial charge in [-0.25, -0.2) is 15.0 Å². The minimum atomic E-state index is 0.506. The first-order chi connectivity index (χ1) is 9.70. The number of nitrogens with one attached hydrogen (secondary N) is 1. The highest BCUT2D eigenvalue weighted by Gasteiger charge is 2.23. The average molecular weight is 269 g/mol. The van der Waals surface area contributed by atoms with Gasteiger partial charge in [0.25, 0.3) is 0 Å². The summed E-state index contributed by atoms with van der Waals surface area (Å²) in [7, 11) is 2.15. The predicted molar refractivity (Wildman–Crippen MR) is 79.1 cm³/mol. The fourth-order valence-corrected chi connectivity index (χ4v) is 2.61. The molecule has 1 atom stereocenters. The number of anilines is 2. The van der Waals surface area contributed by atoms with E-state index in [0.717, 1.165) is 42.7 Å². The number of pyridine rings is 1. The highest BCUT2D eigenvalue weighted by atomic mass is 15.1. The van der Waals surface area contributed by atoms with Gasteiger partial charge in [-0.3, -0.25) is 0 Å². The molecule has 1 aliphatic heterocycles. The summed E-state index contributed by atoms with van der Waals surface area (Å²) in [6.07, 6.45) is 2.93. The zero-order chi connectivity index (χ0) is 13.9. The minimum absolute atomic E-state index is 0.506. The third-order valence-electron chi connectivity index (χ3n) is 3.59. The zero-order valence-electron chi connectivity index (χ0n) is 11.9. The van der Waals surface area contributed by atoms with Crippen LogP contribution in [-0.4, -0.2) is 40.0 Å². The third kappa shape index (κ3) is 2.93. The molecule has 20 heavy (non-hydrogen) atoms. The van der Waals surface area contributed by atoms with E-state index in [9.17, 15) is 0 Å². The van der Waals surface area contributed by atoms with Crippen LogP contribution >= 0.6 is 0 Å². The van der Waals surface area contributed by atoms with Gasteiger partial charge in [0.2, 0.25) is 0 Å². The summed E-state index contributed by atoms with van der Waals surface area (Å²) in [5, 5.41) is 3.24. The number of aromatic nitrogens is 3. The van der Waals surface area contributed by atoms with Gasteiger partial charge >= 0.3 is 0 Å². The van der Waals surface area contributed by atoms with Crippen molar-refractivity contribution in [2.75, 3.05) is 25.5 Å². The number of hydrogen-bond acceptors (Lipinski definition) is 5. The molecule has 0 amide bonds. The molecule has 3 rings (SSSR count). The van der Waals surface area contributed by atoms with E-state index in [-0.39, 0.29) is 0 Å². The summed E-state index contributed by atoms with van der Waals surface area (Å²) in [5.41, 5.74) is 1.13. The van der Waals surface area contributed by atoms with Gasteiger partial charge in [-0.1, -0.05) is 6.07 Å². The first-order valence-electron chi connectivity index (χ1n) is 6.93. The number of aryl methyl sites for hydroxylation is 1. The fourth-order valence-electron chi connectivity index (χ4n) is 2.61. The van der Waals surface area contributed by atoms with Crippen LogP contribution in [-0.2, 0) is 0 Å². The van der Waals surface area contributed by atoms with Gasteiger partial charge in [0, 0.05) is 24.7 Å². The van der Waals surface area contributed by atoms with Gasteiger partial charge in [-0.15, -0.1) is 0 Å². The maximum atomic E-state index is 4.59. The average Bonchev–Trinajstić information content (AvgIpc) is 2.86. The molecule has 2 aromatic heterocycles. The molecule has 1 saturated heterocycles. The van der Waals surface area contributed by atoms with Crippen LogP contribution in [0.3, 0.4) is 0 Å². The smallest absolute Gasteiger partial charge is 0.135 e. The Bertz CT molecular complexity index is 584. The van der Waals surface area contributed by atoms with Gasteiger partial charge in [-0.05, 0) is 39.1 Å². The van der Waals surface area contributed by atoms with Crippen molar-refractivity contribution >= 4 is 11.6 Å². The van der Waals surface area contributed by atoms with Crippen LogP contribution in [0.1, 0.15) is 23.9 Å². The van der Waals surface area contributed by atoms with Crippen molar-refractivity contribution in [3.05, 3.63) is 42.0 Å². The van der Waals surface area contributed by atoms with E-state index in [4.69, 9.17) is 0 Å². The Morgan fingerprint density at radius 3 is 2.85 bits per heavy atom. The van der Waals surface area contributed by atoms with E-state index >= 15 is 0 Å². The number of nitrogens with zero attached hydrogens (tertiary/aromatic N) is 4. The first-order valence-corrected chi connectivity index (χ1v) is 6.93. The van der Waals surface area contributed by atoms with Crippen molar-refractivity contribution in [3.8, 4) is 0 Å². The zero-order valence-corrected chi connectivity index (χ0v) is 11.9. The maximum Gasteiger partial charge on any atom is 0.135 e. The largest absolute Gasteiger partial charge is 0.325 e. The van der Waals surface area contributed by atoms with Gasteiger partial charge < -0.3 is 10.2 Å². The van der Waals surface area contributed by atoms with Gasteiger partial charge in [0.15, 0.2) is 0 Å². The molecule has 0 aromatic carbocycles. The van der Waals surface area contributed by atoms with Crippen LogP contribution in [0, 0.1) is 6.92 Å². The maximum absolute atomic E-state index is 4.59. The van der Waals surface area contributed by atoms with E-state index in [0.29, 0.717) is 5.92 Å². The highest BCUT2D eigenvalue weighted by molar-refractivity contribution is 5.51. The SMILES string of the molecule is Cc1nc(Nc2ccccn2)cc([C@H]2CCN(C)C2)n1. The van der Waals surface area contributed by atoms with Crippen LogP contribution in [0.2, 0.25) is 0 Å². The molecule has 104 valence electrons. The van der Waals surface area contributed by atoms with Crippen LogP contribution in [0.15, 0.2) is 30.5 Å². The normalized spacial score (nSPS) is 19.2. The Morgan fingerprint density at radius 1 is 1.25 bits per heavy atom. The molecule has 0 unspecified atom stereocenters. The lowest BCUT2D eigenvalue weighted by molar-refractivity contribution is 0.410. The second-order valence-electron chi connectivity index (χ2n) is 5.31. The molecule has 2 aromatic rings. The molecule has 0 bridgehead atoms. The molecular weight excluding hydrogens is 250 g/mol. The summed E-state index contributed by atoms with van der Waals surface area (Å²) in [6.45, 7) is 4.14. The first kappa shape index (κ1) is 13.0. The molecule has 1 fully saturated rings. The molecule has 1 aliphatic rings. The van der Waals surface area contributed by atoms with Crippen LogP contribution in [0.4, 0.5) is 11.6 Å². The second kappa shape index (κ2) is 5.54. The lowest BCUT2D eigenvalue weighted by Crippen LogP contribution is -2.14. The van der Waals surface area contributed by atoms with Crippen molar-refractivity contribution in [1.29, 1.82) is 0 Å². The predicted octanol–water partition coefficient (Wildman–Crippen LogP) is 2.34. The van der Waals surface area contributed by atoms with Crippen molar-refractivity contribution in [2.45, 2.75) is 19.3 Å². The number of rotatable bonds is 3. The van der Waals surface area contributed by atoms with E-state index in [1.807, 2.05) is 31.2 Å². The van der Waals surface area contributed by atoms with Gasteiger partial charge in [0.05, 0.1) is 5.69 Å². The molecule has 5 nitrogen and oxygen atoms in total. The molecule has 0 aliphatic carbocycles. The summed E-state index contributed by atoms with van der Waals surface area (Å²) in [6, 6.07) is 7.83. The topological polar surface area (TPSA) is 53.9 Å². The summed E-state index contributed by atoms with van der Waals surface area (Å²) in [5.74, 6) is 2.93. The molecule has 0 saturated carbocycles. The van der Waals surface area contributed by atoms with Crippen molar-refractivity contribution in [3.63, 3.8) is 0 Å². The molecule has 1 N–H and O–H groups in total. The Labute approximate surface area is 119 Å². The van der Waals surface area contributed by atoms with E-state index in [1.54, 1.807) is 6.20 Å². The van der Waals surface area contributed by atoms with Gasteiger partial charge in [-0.2, -0.15) is 0 Å². The Hall–Kier alpha value is -2.01. The lowest BCUT2D eigenvalue weighted by atomic mass is 10.0. The molecule has 0 radical (unpaired) electrons. The standard InChI is InChI=1S/C15H19N5/c1-11-17-13(12-6-8-20(2)10-12)9-15(18-11)19-14-5-3-4-7-16-14/h3-5,7,9,12H,6,8,10H2,1-2H3,(H,16,17,18,19)/t12-/m0/s1. The molecule has 0 spiro atoms. The monoisotopic (exact) mass is 269 g/mol. The van der Waals surface area contributed by atoms with E-state index in [1.165, 1.54) is 0 Å². The second-order valence-corrected chi connectivity index (χ2v) is 5.31. The molecule has 5 heteroatoms. The number of hydrogen-bond donors (Lipinski definition) is 1. The number of likely N-dealkylation sites (tertiary alicyclic amines) is 1. The van der Waals surface area contributed by atoms with Gasteiger partial charge in [0.1, 0.15) is 17.5 Å². The van der Waals surface area contributed by atoms with E-state index in [2.05, 4.69) is 32.2 Å². The van der Waals surface area contributed by atoms with Crippen LogP contribution in [0.25, 0.3) is 0 Å². The highest BCUT2D eigenvalue weighted by Crippen LogP contribution is 2.26. The van der Waals surface area contributed by atoms with Crippen molar-refractivity contribution < 1.29 is 0 Å². The molecule has 3 heterocycles. The van der Waals surface area contributed by atoms with Crippen LogP contribution in [0.5, 0.6) is 0 Å². The molecular formula is C15H19N5. The Morgan fingerprint density at radius 2 is 2.15 bits per heavy atom. The summed E-state index contributed by atoms with van der Waals surface area (Å²) >= 11 is 0. The van der Waals surface area contributed by atoms with Crippen molar-refractivity contribution in [1.82, 2.24) is 19.9 Å². The summed E-state index contributed by atoms with van der Waals surface area (Å²) in [4.78, 5) is 15.6. The fraction of sp³-hybridized carbons (Fsp3) is 0.400. The lowest BCUT2D eigenvalue weighted by Gasteiger charge is -2.12. The third-order valence-corrected chi connectivity index (χ3v) is 3.59. The summed E-state index contributed by atoms with van der Waals surface area (Å²) < 4.78 is 0. The number of likely N-dealkylation sites (N-methyl/N-ethyl adjacent to an activating group) is 1. The Kier molecular flexibility index (Phi) is 3.60. The van der Waals surface area contributed by atoms with E-state index < -0.39 is 0 Å². The van der Waals surface area contributed by atoms with Crippen LogP contribution < -0.4 is 5.32 Å². The quantitative estimate of drug-likeness (QED) is 0.927. The Balaban J connectivity index is 1.83.